The fraction of sp³-hybridized carbons (Fsp3) is 0.778. The highest BCUT2D eigenvalue weighted by molar-refractivity contribution is 4.91. The predicted octanol–water partition coefficient (Wildman–Crippen LogP) is 3.39. The van der Waals surface area contributed by atoms with E-state index in [1.54, 1.807) is 5.92 Å². The molecule has 0 aliphatic carbocycles. The zero-order chi connectivity index (χ0) is 7.11. The quantitative estimate of drug-likeness (QED) is 0.529. The van der Waals surface area contributed by atoms with Gasteiger partial charge in [-0.1, -0.05) is 27.2 Å². The molecule has 54 valence electrons. The SMILES string of the molecule is CC[CH]C[C](CC)CC. The Morgan fingerprint density at radius 3 is 2.00 bits per heavy atom. The van der Waals surface area contributed by atoms with Crippen LogP contribution in [0, 0.1) is 12.3 Å². The van der Waals surface area contributed by atoms with Gasteiger partial charge in [-0.2, -0.15) is 0 Å². The van der Waals surface area contributed by atoms with Crippen LogP contribution in [0.25, 0.3) is 0 Å². The number of hydrogen-bond acceptors (Lipinski definition) is 0. The van der Waals surface area contributed by atoms with Crippen LogP contribution in [-0.4, -0.2) is 0 Å². The van der Waals surface area contributed by atoms with Crippen molar-refractivity contribution in [2.75, 3.05) is 0 Å². The van der Waals surface area contributed by atoms with Crippen LogP contribution in [0.4, 0.5) is 0 Å². The average Bonchev–Trinajstić information content (AvgIpc) is 1.91. The van der Waals surface area contributed by atoms with E-state index >= 15 is 0 Å². The maximum atomic E-state index is 2.35. The van der Waals surface area contributed by atoms with E-state index in [1.807, 2.05) is 0 Å². The van der Waals surface area contributed by atoms with E-state index < -0.39 is 0 Å². The van der Waals surface area contributed by atoms with E-state index in [0.29, 0.717) is 0 Å². The minimum Gasteiger partial charge on any atom is -0.0651 e. The second kappa shape index (κ2) is 6.12. The Morgan fingerprint density at radius 2 is 1.67 bits per heavy atom. The van der Waals surface area contributed by atoms with Crippen LogP contribution in [-0.2, 0) is 0 Å². The lowest BCUT2D eigenvalue weighted by molar-refractivity contribution is 0.734. The highest BCUT2D eigenvalue weighted by Crippen LogP contribution is 2.16. The van der Waals surface area contributed by atoms with Crippen molar-refractivity contribution in [1.82, 2.24) is 0 Å². The molecule has 0 fully saturated rings. The lowest BCUT2D eigenvalue weighted by Crippen LogP contribution is -1.92. The van der Waals surface area contributed by atoms with Gasteiger partial charge in [-0.05, 0) is 31.6 Å². The first kappa shape index (κ1) is 9.00. The third-order valence-electron chi connectivity index (χ3n) is 1.72. The van der Waals surface area contributed by atoms with E-state index in [-0.39, 0.29) is 0 Å². The van der Waals surface area contributed by atoms with Crippen molar-refractivity contribution in [2.24, 2.45) is 0 Å². The second-order valence-electron chi connectivity index (χ2n) is 2.36. The summed E-state index contributed by atoms with van der Waals surface area (Å²) >= 11 is 0. The van der Waals surface area contributed by atoms with Crippen molar-refractivity contribution >= 4 is 0 Å². The Morgan fingerprint density at radius 1 is 1.11 bits per heavy atom. The van der Waals surface area contributed by atoms with Crippen LogP contribution in [0.3, 0.4) is 0 Å². The molecule has 0 spiro atoms. The van der Waals surface area contributed by atoms with Crippen molar-refractivity contribution in [1.29, 1.82) is 0 Å². The van der Waals surface area contributed by atoms with Gasteiger partial charge in [0.1, 0.15) is 0 Å². The van der Waals surface area contributed by atoms with Gasteiger partial charge in [-0.15, -0.1) is 0 Å². The smallest absolute Gasteiger partial charge is 0.0244 e. The predicted molar refractivity (Wildman–Crippen MR) is 43.0 cm³/mol. The summed E-state index contributed by atoms with van der Waals surface area (Å²) in [6.07, 6.45) is 7.31. The average molecular weight is 126 g/mol. The summed E-state index contributed by atoms with van der Waals surface area (Å²) in [5.74, 6) is 1.68. The standard InChI is InChI=1S/C9H18/c1-4-7-8-9(5-2)6-3/h7H,4-6,8H2,1-3H3. The van der Waals surface area contributed by atoms with Crippen LogP contribution >= 0.6 is 0 Å². The first-order valence-electron chi connectivity index (χ1n) is 4.00. The maximum Gasteiger partial charge on any atom is -0.0244 e. The number of hydrogen-bond donors (Lipinski definition) is 0. The van der Waals surface area contributed by atoms with Crippen LogP contribution in [0.2, 0.25) is 0 Å². The Balaban J connectivity index is 3.09. The first-order valence-corrected chi connectivity index (χ1v) is 4.00. The zero-order valence-electron chi connectivity index (χ0n) is 6.91. The molecule has 0 heteroatoms. The van der Waals surface area contributed by atoms with Crippen molar-refractivity contribution in [3.05, 3.63) is 12.3 Å². The minimum atomic E-state index is 1.21. The van der Waals surface area contributed by atoms with Crippen molar-refractivity contribution < 1.29 is 0 Å². The fourth-order valence-corrected chi connectivity index (χ4v) is 0.887. The third kappa shape index (κ3) is 4.50. The lowest BCUT2D eigenvalue weighted by atomic mass is 9.97. The summed E-state index contributed by atoms with van der Waals surface area (Å²) in [5.41, 5.74) is 0. The normalized spacial score (nSPS) is 10.7. The first-order chi connectivity index (χ1) is 4.35. The van der Waals surface area contributed by atoms with Gasteiger partial charge in [-0.3, -0.25) is 0 Å². The van der Waals surface area contributed by atoms with E-state index in [2.05, 4.69) is 27.2 Å². The summed E-state index contributed by atoms with van der Waals surface area (Å²) < 4.78 is 0. The topological polar surface area (TPSA) is 0 Å². The van der Waals surface area contributed by atoms with Gasteiger partial charge in [0.05, 0.1) is 0 Å². The molecule has 0 nitrogen and oxygen atoms in total. The zero-order valence-corrected chi connectivity index (χ0v) is 6.91. The minimum absolute atomic E-state index is 1.21. The molecular weight excluding hydrogens is 108 g/mol. The van der Waals surface area contributed by atoms with E-state index in [9.17, 15) is 0 Å². The summed E-state index contributed by atoms with van der Waals surface area (Å²) in [6, 6.07) is 0. The molecule has 0 saturated carbocycles. The van der Waals surface area contributed by atoms with Gasteiger partial charge in [0, 0.05) is 0 Å². The van der Waals surface area contributed by atoms with E-state index in [0.717, 1.165) is 0 Å². The summed E-state index contributed by atoms with van der Waals surface area (Å²) in [4.78, 5) is 0. The Kier molecular flexibility index (Phi) is 6.12. The van der Waals surface area contributed by atoms with Crippen LogP contribution in [0.15, 0.2) is 0 Å². The number of unbranched alkanes of at least 4 members (excludes halogenated alkanes) is 1. The molecule has 0 aliphatic rings. The third-order valence-corrected chi connectivity index (χ3v) is 1.72. The van der Waals surface area contributed by atoms with Crippen LogP contribution in [0.5, 0.6) is 0 Å². The molecule has 0 saturated heterocycles. The van der Waals surface area contributed by atoms with Crippen LogP contribution < -0.4 is 0 Å². The largest absolute Gasteiger partial charge is 0.0651 e. The summed E-state index contributed by atoms with van der Waals surface area (Å²) in [5, 5.41) is 0. The molecule has 0 N–H and O–H groups in total. The van der Waals surface area contributed by atoms with E-state index in [4.69, 9.17) is 0 Å². The van der Waals surface area contributed by atoms with Gasteiger partial charge in [0.25, 0.3) is 0 Å². The molecule has 0 aromatic heterocycles. The molecule has 0 rings (SSSR count). The Bertz CT molecular complexity index is 44.0. The van der Waals surface area contributed by atoms with E-state index in [1.165, 1.54) is 25.7 Å². The molecule has 2 radical (unpaired) electrons. The van der Waals surface area contributed by atoms with Crippen molar-refractivity contribution in [3.63, 3.8) is 0 Å². The van der Waals surface area contributed by atoms with Crippen molar-refractivity contribution in [2.45, 2.75) is 46.5 Å². The molecule has 0 aromatic rings. The van der Waals surface area contributed by atoms with Gasteiger partial charge in [0.15, 0.2) is 0 Å². The van der Waals surface area contributed by atoms with Gasteiger partial charge in [-0.25, -0.2) is 0 Å². The van der Waals surface area contributed by atoms with Crippen molar-refractivity contribution in [3.8, 4) is 0 Å². The molecule has 0 atom stereocenters. The lowest BCUT2D eigenvalue weighted by Gasteiger charge is -2.08. The fourth-order valence-electron chi connectivity index (χ4n) is 0.887. The van der Waals surface area contributed by atoms with Crippen LogP contribution in [0.1, 0.15) is 46.5 Å². The maximum absolute atomic E-state index is 2.35. The Labute approximate surface area is 59.7 Å². The molecule has 0 aliphatic heterocycles. The van der Waals surface area contributed by atoms with Gasteiger partial charge >= 0.3 is 0 Å². The Hall–Kier alpha value is 0. The molecular formula is C9H18. The molecule has 9 heavy (non-hydrogen) atoms. The summed E-state index contributed by atoms with van der Waals surface area (Å²) in [7, 11) is 0. The second-order valence-corrected chi connectivity index (χ2v) is 2.36. The molecule has 0 unspecified atom stereocenters. The molecule has 0 aromatic carbocycles. The monoisotopic (exact) mass is 126 g/mol. The van der Waals surface area contributed by atoms with Gasteiger partial charge in [0.2, 0.25) is 0 Å². The highest BCUT2D eigenvalue weighted by atomic mass is 14.1. The van der Waals surface area contributed by atoms with Gasteiger partial charge < -0.3 is 0 Å². The summed E-state index contributed by atoms with van der Waals surface area (Å²) in [6.45, 7) is 6.67. The molecule has 0 heterocycles. The molecule has 0 bridgehead atoms. The molecule has 0 amide bonds. The highest BCUT2D eigenvalue weighted by Gasteiger charge is 2.01. The number of rotatable bonds is 5.